The average molecular weight is 224 g/mol. The molecule has 0 aromatic rings. The lowest BCUT2D eigenvalue weighted by atomic mass is 9.95. The first kappa shape index (κ1) is 11.6. The zero-order valence-corrected chi connectivity index (χ0v) is 9.42. The maximum atomic E-state index is 10.1. The van der Waals surface area contributed by atoms with Crippen LogP contribution in [0.15, 0.2) is 0 Å². The van der Waals surface area contributed by atoms with E-state index in [0.717, 1.165) is 36.9 Å². The molecule has 0 bridgehead atoms. The topological polar surface area (TPSA) is 32.3 Å². The van der Waals surface area contributed by atoms with Crippen LogP contribution >= 0.6 is 24.2 Å². The van der Waals surface area contributed by atoms with Gasteiger partial charge in [-0.25, -0.2) is 0 Å². The van der Waals surface area contributed by atoms with Crippen molar-refractivity contribution < 1.29 is 5.11 Å². The number of hydrogen-bond donors (Lipinski definition) is 2. The number of halogens is 1. The Kier molecular flexibility index (Phi) is 4.36. The number of nitrogens with one attached hydrogen (secondary N) is 1. The Morgan fingerprint density at radius 1 is 1.31 bits per heavy atom. The molecule has 2 rings (SSSR count). The van der Waals surface area contributed by atoms with Gasteiger partial charge in [-0.2, -0.15) is 11.8 Å². The Morgan fingerprint density at radius 2 is 1.92 bits per heavy atom. The predicted octanol–water partition coefficient (Wildman–Crippen LogP) is 1.42. The van der Waals surface area contributed by atoms with Gasteiger partial charge in [0.25, 0.3) is 0 Å². The molecular formula is C9H18ClNOS. The van der Waals surface area contributed by atoms with E-state index in [9.17, 15) is 5.11 Å². The summed E-state index contributed by atoms with van der Waals surface area (Å²) in [6.07, 6.45) is 4.62. The van der Waals surface area contributed by atoms with Crippen LogP contribution in [0, 0.1) is 0 Å². The third kappa shape index (κ3) is 3.66. The molecule has 0 spiro atoms. The SMILES string of the molecule is Cl.OC1(CSC2CC2)CCNCC1. The second-order valence-corrected chi connectivity index (χ2v) is 5.27. The van der Waals surface area contributed by atoms with E-state index in [2.05, 4.69) is 5.32 Å². The molecule has 2 nitrogen and oxygen atoms in total. The molecule has 1 saturated heterocycles. The number of thioether (sulfide) groups is 1. The van der Waals surface area contributed by atoms with Gasteiger partial charge in [0.2, 0.25) is 0 Å². The van der Waals surface area contributed by atoms with Crippen LogP contribution in [-0.2, 0) is 0 Å². The summed E-state index contributed by atoms with van der Waals surface area (Å²) in [6, 6.07) is 0. The van der Waals surface area contributed by atoms with Crippen molar-refractivity contribution >= 4 is 24.2 Å². The van der Waals surface area contributed by atoms with Crippen molar-refractivity contribution in [3.05, 3.63) is 0 Å². The normalized spacial score (nSPS) is 26.5. The highest BCUT2D eigenvalue weighted by molar-refractivity contribution is 8.00. The van der Waals surface area contributed by atoms with Gasteiger partial charge in [-0.05, 0) is 38.8 Å². The second-order valence-electron chi connectivity index (χ2n) is 3.98. The molecular weight excluding hydrogens is 206 g/mol. The van der Waals surface area contributed by atoms with E-state index in [4.69, 9.17) is 0 Å². The van der Waals surface area contributed by atoms with E-state index in [1.807, 2.05) is 11.8 Å². The molecule has 0 atom stereocenters. The Bertz CT molecular complexity index is 158. The smallest absolute Gasteiger partial charge is 0.0762 e. The van der Waals surface area contributed by atoms with E-state index in [0.29, 0.717) is 0 Å². The van der Waals surface area contributed by atoms with E-state index in [1.165, 1.54) is 12.8 Å². The number of rotatable bonds is 3. The standard InChI is InChI=1S/C9H17NOS.ClH/c11-9(3-5-10-6-4-9)7-12-8-1-2-8;/h8,10-11H,1-7H2;1H. The highest BCUT2D eigenvalue weighted by Crippen LogP contribution is 2.37. The molecule has 0 unspecified atom stereocenters. The van der Waals surface area contributed by atoms with Gasteiger partial charge in [0.05, 0.1) is 5.60 Å². The lowest BCUT2D eigenvalue weighted by molar-refractivity contribution is 0.0339. The summed E-state index contributed by atoms with van der Waals surface area (Å²) in [6.45, 7) is 1.98. The van der Waals surface area contributed by atoms with Gasteiger partial charge in [0.15, 0.2) is 0 Å². The van der Waals surface area contributed by atoms with Crippen LogP contribution in [0.2, 0.25) is 0 Å². The van der Waals surface area contributed by atoms with Crippen molar-refractivity contribution in [1.29, 1.82) is 0 Å². The minimum Gasteiger partial charge on any atom is -0.389 e. The number of aliphatic hydroxyl groups is 1. The molecule has 13 heavy (non-hydrogen) atoms. The Hall–Kier alpha value is 0.560. The highest BCUT2D eigenvalue weighted by atomic mass is 35.5. The summed E-state index contributed by atoms with van der Waals surface area (Å²) in [4.78, 5) is 0. The summed E-state index contributed by atoms with van der Waals surface area (Å²) < 4.78 is 0. The third-order valence-corrected chi connectivity index (χ3v) is 4.29. The first-order valence-corrected chi connectivity index (χ1v) is 5.88. The second kappa shape index (κ2) is 4.87. The van der Waals surface area contributed by atoms with Gasteiger partial charge < -0.3 is 10.4 Å². The summed E-state index contributed by atoms with van der Waals surface area (Å²) in [5, 5.41) is 14.2. The van der Waals surface area contributed by atoms with Gasteiger partial charge in [-0.15, -0.1) is 12.4 Å². The number of hydrogen-bond acceptors (Lipinski definition) is 3. The van der Waals surface area contributed by atoms with Crippen molar-refractivity contribution in [2.24, 2.45) is 0 Å². The highest BCUT2D eigenvalue weighted by Gasteiger charge is 2.32. The maximum absolute atomic E-state index is 10.1. The van der Waals surface area contributed by atoms with Crippen LogP contribution in [-0.4, -0.2) is 34.8 Å². The molecule has 2 N–H and O–H groups in total. The largest absolute Gasteiger partial charge is 0.389 e. The lowest BCUT2D eigenvalue weighted by Gasteiger charge is -2.32. The van der Waals surface area contributed by atoms with Crippen LogP contribution in [0.4, 0.5) is 0 Å². The predicted molar refractivity (Wildman–Crippen MR) is 59.8 cm³/mol. The van der Waals surface area contributed by atoms with E-state index >= 15 is 0 Å². The summed E-state index contributed by atoms with van der Waals surface area (Å²) in [5.74, 6) is 0.958. The summed E-state index contributed by atoms with van der Waals surface area (Å²) >= 11 is 1.97. The molecule has 0 aromatic heterocycles. The summed E-state index contributed by atoms with van der Waals surface area (Å²) in [7, 11) is 0. The van der Waals surface area contributed by atoms with Crippen LogP contribution in [0.25, 0.3) is 0 Å². The minimum absolute atomic E-state index is 0. The van der Waals surface area contributed by atoms with E-state index in [-0.39, 0.29) is 18.0 Å². The molecule has 0 amide bonds. The fourth-order valence-corrected chi connectivity index (χ4v) is 2.85. The molecule has 0 radical (unpaired) electrons. The van der Waals surface area contributed by atoms with Crippen molar-refractivity contribution in [3.63, 3.8) is 0 Å². The van der Waals surface area contributed by atoms with Crippen LogP contribution in [0.3, 0.4) is 0 Å². The molecule has 1 heterocycles. The van der Waals surface area contributed by atoms with Crippen LogP contribution < -0.4 is 5.32 Å². The van der Waals surface area contributed by atoms with Gasteiger partial charge in [-0.1, -0.05) is 0 Å². The number of piperidine rings is 1. The van der Waals surface area contributed by atoms with Crippen molar-refractivity contribution in [2.45, 2.75) is 36.5 Å². The zero-order chi connectivity index (χ0) is 8.44. The lowest BCUT2D eigenvalue weighted by Crippen LogP contribution is -2.43. The summed E-state index contributed by atoms with van der Waals surface area (Å²) in [5.41, 5.74) is -0.349. The quantitative estimate of drug-likeness (QED) is 0.759. The van der Waals surface area contributed by atoms with Gasteiger partial charge in [0, 0.05) is 11.0 Å². The van der Waals surface area contributed by atoms with Crippen LogP contribution in [0.5, 0.6) is 0 Å². The van der Waals surface area contributed by atoms with Crippen molar-refractivity contribution in [1.82, 2.24) is 5.32 Å². The van der Waals surface area contributed by atoms with Crippen molar-refractivity contribution in [2.75, 3.05) is 18.8 Å². The maximum Gasteiger partial charge on any atom is 0.0762 e. The van der Waals surface area contributed by atoms with Gasteiger partial charge in [0.1, 0.15) is 0 Å². The van der Waals surface area contributed by atoms with Crippen LogP contribution in [0.1, 0.15) is 25.7 Å². The van der Waals surface area contributed by atoms with E-state index in [1.54, 1.807) is 0 Å². The molecule has 4 heteroatoms. The Labute approximate surface area is 90.3 Å². The molecule has 1 saturated carbocycles. The first-order valence-electron chi connectivity index (χ1n) is 4.83. The van der Waals surface area contributed by atoms with Gasteiger partial charge >= 0.3 is 0 Å². The van der Waals surface area contributed by atoms with Crippen molar-refractivity contribution in [3.8, 4) is 0 Å². The fourth-order valence-electron chi connectivity index (χ4n) is 1.54. The molecule has 2 fully saturated rings. The monoisotopic (exact) mass is 223 g/mol. The Balaban J connectivity index is 0.000000845. The van der Waals surface area contributed by atoms with E-state index < -0.39 is 0 Å². The van der Waals surface area contributed by atoms with Gasteiger partial charge in [-0.3, -0.25) is 0 Å². The molecule has 1 aliphatic heterocycles. The first-order chi connectivity index (χ1) is 5.79. The third-order valence-electron chi connectivity index (χ3n) is 2.65. The molecule has 2 aliphatic rings. The minimum atomic E-state index is -0.349. The molecule has 1 aliphatic carbocycles. The molecule has 78 valence electrons. The molecule has 0 aromatic carbocycles. The average Bonchev–Trinajstić information content (AvgIpc) is 2.85. The fraction of sp³-hybridized carbons (Fsp3) is 1.00. The Morgan fingerprint density at radius 3 is 2.46 bits per heavy atom. The zero-order valence-electron chi connectivity index (χ0n) is 7.79.